The first-order chi connectivity index (χ1) is 8.39. The number of rotatable bonds is 2. The number of hydrogen-bond donors (Lipinski definition) is 1. The molecular weight excluding hydrogens is 256 g/mol. The van der Waals surface area contributed by atoms with Crippen LogP contribution < -0.4 is 4.90 Å². The number of aromatic carboxylic acids is 1. The van der Waals surface area contributed by atoms with Crippen molar-refractivity contribution >= 4 is 21.5 Å². The number of aromatic nitrogens is 1. The van der Waals surface area contributed by atoms with Crippen LogP contribution in [0.1, 0.15) is 17.4 Å². The van der Waals surface area contributed by atoms with E-state index in [0.29, 0.717) is 6.54 Å². The first kappa shape index (κ1) is 12.8. The molecule has 0 radical (unpaired) electrons. The standard InChI is InChI=1S/C11H14N2O4S/c1-8-7-18(16,17)5-4-13(8)9-2-3-10(11(14)15)12-6-9/h2-3,6,8H,4-5,7H2,1H3,(H,14,15). The van der Waals surface area contributed by atoms with Gasteiger partial charge in [-0.05, 0) is 19.1 Å². The Morgan fingerprint density at radius 2 is 2.22 bits per heavy atom. The summed E-state index contributed by atoms with van der Waals surface area (Å²) in [4.78, 5) is 16.4. The van der Waals surface area contributed by atoms with E-state index >= 15 is 0 Å². The lowest BCUT2D eigenvalue weighted by atomic mass is 10.2. The van der Waals surface area contributed by atoms with Crippen molar-refractivity contribution in [3.05, 3.63) is 24.0 Å². The van der Waals surface area contributed by atoms with Crippen LogP contribution >= 0.6 is 0 Å². The smallest absolute Gasteiger partial charge is 0.354 e. The van der Waals surface area contributed by atoms with Gasteiger partial charge < -0.3 is 10.0 Å². The third-order valence-electron chi connectivity index (χ3n) is 2.97. The van der Waals surface area contributed by atoms with E-state index in [9.17, 15) is 13.2 Å². The Hall–Kier alpha value is -1.63. The predicted octanol–water partition coefficient (Wildman–Crippen LogP) is 0.403. The lowest BCUT2D eigenvalue weighted by Gasteiger charge is -2.34. The summed E-state index contributed by atoms with van der Waals surface area (Å²) in [5.41, 5.74) is 0.735. The van der Waals surface area contributed by atoms with E-state index in [-0.39, 0.29) is 23.2 Å². The molecule has 2 rings (SSSR count). The predicted molar refractivity (Wildman–Crippen MR) is 66.7 cm³/mol. The van der Waals surface area contributed by atoms with E-state index < -0.39 is 15.8 Å². The van der Waals surface area contributed by atoms with Gasteiger partial charge in [-0.2, -0.15) is 0 Å². The van der Waals surface area contributed by atoms with E-state index in [1.165, 1.54) is 12.3 Å². The monoisotopic (exact) mass is 270 g/mol. The Bertz CT molecular complexity index is 553. The fourth-order valence-electron chi connectivity index (χ4n) is 2.06. The Balaban J connectivity index is 2.20. The molecule has 0 aliphatic carbocycles. The molecule has 18 heavy (non-hydrogen) atoms. The van der Waals surface area contributed by atoms with Gasteiger partial charge in [-0.15, -0.1) is 0 Å². The Kier molecular flexibility index (Phi) is 3.25. The largest absolute Gasteiger partial charge is 0.477 e. The quantitative estimate of drug-likeness (QED) is 0.837. The second-order valence-corrected chi connectivity index (χ2v) is 6.59. The molecule has 1 aliphatic rings. The molecule has 2 heterocycles. The average molecular weight is 270 g/mol. The molecule has 0 aromatic carbocycles. The van der Waals surface area contributed by atoms with Crippen LogP contribution in [-0.4, -0.2) is 48.6 Å². The molecule has 1 atom stereocenters. The zero-order valence-electron chi connectivity index (χ0n) is 9.91. The Labute approximate surface area is 105 Å². The highest BCUT2D eigenvalue weighted by molar-refractivity contribution is 7.91. The van der Waals surface area contributed by atoms with Gasteiger partial charge in [-0.1, -0.05) is 0 Å². The van der Waals surface area contributed by atoms with Crippen LogP contribution in [0.5, 0.6) is 0 Å². The molecule has 98 valence electrons. The summed E-state index contributed by atoms with van der Waals surface area (Å²) in [6, 6.07) is 2.96. The number of carbonyl (C=O) groups is 1. The van der Waals surface area contributed by atoms with Crippen LogP contribution in [0.2, 0.25) is 0 Å². The molecule has 0 bridgehead atoms. The number of carboxylic acids is 1. The molecule has 1 aliphatic heterocycles. The zero-order chi connectivity index (χ0) is 13.3. The third-order valence-corrected chi connectivity index (χ3v) is 4.76. The van der Waals surface area contributed by atoms with E-state index in [0.717, 1.165) is 5.69 Å². The number of sulfone groups is 1. The highest BCUT2D eigenvalue weighted by atomic mass is 32.2. The molecule has 1 aromatic rings. The molecule has 0 saturated carbocycles. The van der Waals surface area contributed by atoms with Crippen LogP contribution in [0.25, 0.3) is 0 Å². The zero-order valence-corrected chi connectivity index (χ0v) is 10.7. The van der Waals surface area contributed by atoms with E-state index in [4.69, 9.17) is 5.11 Å². The topological polar surface area (TPSA) is 87.6 Å². The fourth-order valence-corrected chi connectivity index (χ4v) is 3.62. The molecule has 1 fully saturated rings. The van der Waals surface area contributed by atoms with Crippen molar-refractivity contribution in [2.45, 2.75) is 13.0 Å². The minimum Gasteiger partial charge on any atom is -0.477 e. The number of carboxylic acid groups (broad SMARTS) is 1. The SMILES string of the molecule is CC1CS(=O)(=O)CCN1c1ccc(C(=O)O)nc1. The van der Waals surface area contributed by atoms with Gasteiger partial charge in [0.25, 0.3) is 0 Å². The second-order valence-electron chi connectivity index (χ2n) is 4.36. The Morgan fingerprint density at radius 3 is 2.72 bits per heavy atom. The molecule has 1 N–H and O–H groups in total. The molecule has 0 spiro atoms. The first-order valence-corrected chi connectivity index (χ1v) is 7.37. The van der Waals surface area contributed by atoms with E-state index in [1.807, 2.05) is 11.8 Å². The van der Waals surface area contributed by atoms with Gasteiger partial charge in [0.1, 0.15) is 5.69 Å². The van der Waals surface area contributed by atoms with Gasteiger partial charge >= 0.3 is 5.97 Å². The van der Waals surface area contributed by atoms with Crippen LogP contribution in [-0.2, 0) is 9.84 Å². The number of anilines is 1. The van der Waals surface area contributed by atoms with Gasteiger partial charge in [-0.3, -0.25) is 0 Å². The maximum atomic E-state index is 11.5. The van der Waals surface area contributed by atoms with Crippen molar-refractivity contribution < 1.29 is 18.3 Å². The molecule has 1 saturated heterocycles. The molecule has 1 unspecified atom stereocenters. The summed E-state index contributed by atoms with van der Waals surface area (Å²) in [7, 11) is -2.95. The average Bonchev–Trinajstić information content (AvgIpc) is 2.28. The lowest BCUT2D eigenvalue weighted by Crippen LogP contribution is -2.47. The van der Waals surface area contributed by atoms with Crippen LogP contribution in [0.15, 0.2) is 18.3 Å². The number of pyridine rings is 1. The molecular formula is C11H14N2O4S. The molecule has 1 aromatic heterocycles. The maximum Gasteiger partial charge on any atom is 0.354 e. The lowest BCUT2D eigenvalue weighted by molar-refractivity contribution is 0.0690. The van der Waals surface area contributed by atoms with Crippen molar-refractivity contribution in [3.63, 3.8) is 0 Å². The van der Waals surface area contributed by atoms with Crippen molar-refractivity contribution in [2.75, 3.05) is 23.0 Å². The summed E-state index contributed by atoms with van der Waals surface area (Å²) < 4.78 is 22.9. The van der Waals surface area contributed by atoms with Crippen LogP contribution in [0.4, 0.5) is 5.69 Å². The summed E-state index contributed by atoms with van der Waals surface area (Å²) in [6.45, 7) is 2.25. The number of nitrogens with zero attached hydrogens (tertiary/aromatic N) is 2. The van der Waals surface area contributed by atoms with Crippen molar-refractivity contribution in [3.8, 4) is 0 Å². The minimum atomic E-state index is -2.95. The van der Waals surface area contributed by atoms with Gasteiger partial charge in [0.15, 0.2) is 9.84 Å². The summed E-state index contributed by atoms with van der Waals surface area (Å²) in [5, 5.41) is 8.75. The summed E-state index contributed by atoms with van der Waals surface area (Å²) >= 11 is 0. The highest BCUT2D eigenvalue weighted by Gasteiger charge is 2.28. The number of hydrogen-bond acceptors (Lipinski definition) is 5. The van der Waals surface area contributed by atoms with Crippen LogP contribution in [0.3, 0.4) is 0 Å². The third kappa shape index (κ3) is 2.61. The second kappa shape index (κ2) is 4.56. The Morgan fingerprint density at radius 1 is 1.50 bits per heavy atom. The molecule has 6 nitrogen and oxygen atoms in total. The van der Waals surface area contributed by atoms with Gasteiger partial charge in [0.05, 0.1) is 23.4 Å². The molecule has 0 amide bonds. The van der Waals surface area contributed by atoms with Crippen molar-refractivity contribution in [1.29, 1.82) is 0 Å². The first-order valence-electron chi connectivity index (χ1n) is 5.55. The van der Waals surface area contributed by atoms with Crippen molar-refractivity contribution in [1.82, 2.24) is 4.98 Å². The fraction of sp³-hybridized carbons (Fsp3) is 0.455. The van der Waals surface area contributed by atoms with Crippen molar-refractivity contribution in [2.24, 2.45) is 0 Å². The van der Waals surface area contributed by atoms with E-state index in [2.05, 4.69) is 4.98 Å². The minimum absolute atomic E-state index is 0.0176. The summed E-state index contributed by atoms with van der Waals surface area (Å²) in [5.74, 6) is -0.832. The normalized spacial score (nSPS) is 22.7. The maximum absolute atomic E-state index is 11.5. The summed E-state index contributed by atoms with van der Waals surface area (Å²) in [6.07, 6.45) is 1.47. The highest BCUT2D eigenvalue weighted by Crippen LogP contribution is 2.20. The molecule has 7 heteroatoms. The van der Waals surface area contributed by atoms with Crippen LogP contribution in [0, 0.1) is 0 Å². The van der Waals surface area contributed by atoms with Gasteiger partial charge in [0.2, 0.25) is 0 Å². The van der Waals surface area contributed by atoms with Gasteiger partial charge in [0, 0.05) is 12.6 Å². The van der Waals surface area contributed by atoms with Gasteiger partial charge in [-0.25, -0.2) is 18.2 Å². The van der Waals surface area contributed by atoms with E-state index in [1.54, 1.807) is 6.07 Å².